The minimum atomic E-state index is -10.7. The molecule has 148 valence electrons. The molecular weight excluding hydrogens is 392 g/mol. The van der Waals surface area contributed by atoms with Crippen LogP contribution in [0.2, 0.25) is 0 Å². The molecule has 0 aromatic heterocycles. The van der Waals surface area contributed by atoms with E-state index in [2.05, 4.69) is 62.4 Å². The summed E-state index contributed by atoms with van der Waals surface area (Å²) in [7, 11) is -10.4. The number of aryl methyl sites for hydroxylation is 2. The second-order valence-electron chi connectivity index (χ2n) is 6.00. The van der Waals surface area contributed by atoms with Crippen LogP contribution < -0.4 is 10.6 Å². The third-order valence-electron chi connectivity index (χ3n) is 3.53. The van der Waals surface area contributed by atoms with Gasteiger partial charge in [0.25, 0.3) is 0 Å². The van der Waals surface area contributed by atoms with Gasteiger partial charge in [-0.05, 0) is 48.6 Å². The monoisotopic (exact) mass is 416 g/mol. The van der Waals surface area contributed by atoms with Crippen LogP contribution in [0, 0.1) is 0 Å². The maximum absolute atomic E-state index is 10.7. The van der Waals surface area contributed by atoms with Crippen molar-refractivity contribution in [2.45, 2.75) is 39.5 Å². The van der Waals surface area contributed by atoms with E-state index < -0.39 is 7.81 Å². The normalized spacial score (nSPS) is 14.5. The van der Waals surface area contributed by atoms with Crippen molar-refractivity contribution in [3.8, 4) is 0 Å². The molecule has 0 N–H and O–H groups in total. The molecular formula is C18H24F6P2. The van der Waals surface area contributed by atoms with E-state index in [1.807, 2.05) is 0 Å². The first-order chi connectivity index (χ1) is 11.8. The van der Waals surface area contributed by atoms with Gasteiger partial charge in [-0.3, -0.25) is 0 Å². The van der Waals surface area contributed by atoms with E-state index in [1.54, 1.807) is 10.9 Å². The van der Waals surface area contributed by atoms with Crippen LogP contribution in [0.4, 0.5) is 25.2 Å². The van der Waals surface area contributed by atoms with E-state index in [9.17, 15) is 25.2 Å². The number of unbranched alkanes of at least 4 members (excludes halogenated alkanes) is 1. The van der Waals surface area contributed by atoms with Crippen LogP contribution >= 0.6 is 16.4 Å². The molecule has 2 aromatic carbocycles. The Morgan fingerprint density at radius 3 is 1.92 bits per heavy atom. The number of benzene rings is 2. The van der Waals surface area contributed by atoms with Gasteiger partial charge >= 0.3 is 33.0 Å². The standard InChI is InChI=1S/C18H23P.F6P/c1-3-5-9-15-12-13-18(16(4-2)14-15)19-17-10-7-6-8-11-17;1-7(2,3,4,5)6/h6-8,10-14,19H,3-5,9H2,1-2H3;/q;-1/p+1. The summed E-state index contributed by atoms with van der Waals surface area (Å²) >= 11 is 0. The Bertz CT molecular complexity index is 685. The van der Waals surface area contributed by atoms with Crippen molar-refractivity contribution < 1.29 is 25.2 Å². The zero-order valence-electron chi connectivity index (χ0n) is 14.7. The van der Waals surface area contributed by atoms with Gasteiger partial charge in [0.1, 0.15) is 0 Å². The predicted octanol–water partition coefficient (Wildman–Crippen LogP) is 7.34. The number of rotatable bonds is 6. The molecule has 0 saturated carbocycles. The Labute approximate surface area is 152 Å². The Morgan fingerprint density at radius 1 is 0.846 bits per heavy atom. The van der Waals surface area contributed by atoms with Gasteiger partial charge in [-0.1, -0.05) is 50.6 Å². The van der Waals surface area contributed by atoms with Crippen molar-refractivity contribution in [3.05, 3.63) is 59.7 Å². The van der Waals surface area contributed by atoms with Crippen molar-refractivity contribution in [1.29, 1.82) is 0 Å². The van der Waals surface area contributed by atoms with Gasteiger partial charge in [-0.15, -0.1) is 0 Å². The second-order valence-corrected chi connectivity index (χ2v) is 9.50. The molecule has 0 bridgehead atoms. The Hall–Kier alpha value is -1.12. The zero-order valence-corrected chi connectivity index (χ0v) is 16.8. The average Bonchev–Trinajstić information content (AvgIpc) is 2.52. The van der Waals surface area contributed by atoms with Crippen LogP contribution in [0.5, 0.6) is 0 Å². The topological polar surface area (TPSA) is 0 Å². The molecule has 26 heavy (non-hydrogen) atoms. The fourth-order valence-electron chi connectivity index (χ4n) is 2.37. The summed E-state index contributed by atoms with van der Waals surface area (Å²) in [6, 6.07) is 18.0. The van der Waals surface area contributed by atoms with Crippen LogP contribution in [-0.4, -0.2) is 0 Å². The number of hydrogen-bond acceptors (Lipinski definition) is 0. The van der Waals surface area contributed by atoms with E-state index in [1.165, 1.54) is 30.1 Å². The first-order valence-electron chi connectivity index (χ1n) is 8.36. The van der Waals surface area contributed by atoms with Crippen molar-refractivity contribution in [2.75, 3.05) is 0 Å². The van der Waals surface area contributed by atoms with Crippen molar-refractivity contribution >= 4 is 27.0 Å². The van der Waals surface area contributed by atoms with Crippen LogP contribution in [0.3, 0.4) is 0 Å². The first-order valence-corrected chi connectivity index (χ1v) is 11.5. The molecule has 0 spiro atoms. The van der Waals surface area contributed by atoms with Gasteiger partial charge in [0.05, 0.1) is 19.2 Å². The molecule has 0 nitrogen and oxygen atoms in total. The average molecular weight is 416 g/mol. The number of halogens is 6. The first kappa shape index (κ1) is 22.9. The van der Waals surface area contributed by atoms with Crippen LogP contribution in [0.15, 0.2) is 48.5 Å². The summed E-state index contributed by atoms with van der Waals surface area (Å²) in [5, 5.41) is 3.05. The van der Waals surface area contributed by atoms with Gasteiger partial charge < -0.3 is 0 Å². The van der Waals surface area contributed by atoms with E-state index in [4.69, 9.17) is 0 Å². The number of hydrogen-bond donors (Lipinski definition) is 0. The molecule has 2 rings (SSSR count). The van der Waals surface area contributed by atoms with Crippen LogP contribution in [0.1, 0.15) is 37.8 Å². The van der Waals surface area contributed by atoms with Crippen molar-refractivity contribution in [2.24, 2.45) is 0 Å². The SMILES string of the molecule is CCCCc1ccc([PH2+]c2ccccc2)c(CC)c1.F[P-](F)(F)(F)(F)F. The van der Waals surface area contributed by atoms with Gasteiger partial charge in [0, 0.05) is 0 Å². The van der Waals surface area contributed by atoms with E-state index in [0.29, 0.717) is 0 Å². The molecule has 0 aliphatic rings. The summed E-state index contributed by atoms with van der Waals surface area (Å²) < 4.78 is 59.2. The van der Waals surface area contributed by atoms with Crippen LogP contribution in [-0.2, 0) is 12.8 Å². The quantitative estimate of drug-likeness (QED) is 0.342. The second kappa shape index (κ2) is 8.27. The van der Waals surface area contributed by atoms with Crippen LogP contribution in [0.25, 0.3) is 0 Å². The molecule has 1 unspecified atom stereocenters. The van der Waals surface area contributed by atoms with E-state index >= 15 is 0 Å². The van der Waals surface area contributed by atoms with E-state index in [-0.39, 0.29) is 8.58 Å². The van der Waals surface area contributed by atoms with Gasteiger partial charge in [-0.2, -0.15) is 0 Å². The fraction of sp³-hybridized carbons (Fsp3) is 0.333. The van der Waals surface area contributed by atoms with Crippen molar-refractivity contribution in [1.82, 2.24) is 0 Å². The van der Waals surface area contributed by atoms with Gasteiger partial charge in [0.15, 0.2) is 0 Å². The maximum atomic E-state index is 9.87. The summed E-state index contributed by atoms with van der Waals surface area (Å²) in [6.07, 6.45) is 4.95. The minimum absolute atomic E-state index is 0.236. The zero-order chi connectivity index (χ0) is 19.9. The fourth-order valence-corrected chi connectivity index (χ4v) is 3.81. The third-order valence-corrected chi connectivity index (χ3v) is 5.12. The summed E-state index contributed by atoms with van der Waals surface area (Å²) in [4.78, 5) is 0. The van der Waals surface area contributed by atoms with Gasteiger partial charge in [0.2, 0.25) is 0 Å². The molecule has 0 amide bonds. The molecule has 2 aromatic rings. The molecule has 0 aliphatic carbocycles. The Morgan fingerprint density at radius 2 is 1.42 bits per heavy atom. The van der Waals surface area contributed by atoms with Crippen molar-refractivity contribution in [3.63, 3.8) is 0 Å². The molecule has 0 heterocycles. The predicted molar refractivity (Wildman–Crippen MR) is 103 cm³/mol. The molecule has 1 atom stereocenters. The van der Waals surface area contributed by atoms with E-state index in [0.717, 1.165) is 6.42 Å². The molecule has 8 heteroatoms. The summed E-state index contributed by atoms with van der Waals surface area (Å²) in [6.45, 7) is 4.53. The Kier molecular flexibility index (Phi) is 7.29. The summed E-state index contributed by atoms with van der Waals surface area (Å²) in [5.41, 5.74) is 3.06. The Balaban J connectivity index is 0.000000412. The molecule has 0 radical (unpaired) electrons. The molecule has 0 aliphatic heterocycles. The molecule has 0 saturated heterocycles. The molecule has 0 fully saturated rings. The third kappa shape index (κ3) is 12.3. The van der Waals surface area contributed by atoms with Gasteiger partial charge in [-0.25, -0.2) is 0 Å². The summed E-state index contributed by atoms with van der Waals surface area (Å²) in [5.74, 6) is 0.